The molecule has 0 bridgehead atoms. The topological polar surface area (TPSA) is 29.1 Å². The Bertz CT molecular complexity index is 230. The predicted octanol–water partition coefficient (Wildman–Crippen LogP) is 2.63. The van der Waals surface area contributed by atoms with E-state index in [0.29, 0.717) is 5.92 Å². The van der Waals surface area contributed by atoms with Gasteiger partial charge < -0.3 is 5.32 Å². The van der Waals surface area contributed by atoms with Crippen LogP contribution in [0.2, 0.25) is 0 Å². The number of alkyl halides is 1. The highest BCUT2D eigenvalue weighted by Gasteiger charge is 2.23. The van der Waals surface area contributed by atoms with Gasteiger partial charge in [0, 0.05) is 6.54 Å². The van der Waals surface area contributed by atoms with E-state index in [-0.39, 0.29) is 5.91 Å². The molecule has 1 unspecified atom stereocenters. The predicted molar refractivity (Wildman–Crippen MR) is 62.5 cm³/mol. The molecule has 0 fully saturated rings. The summed E-state index contributed by atoms with van der Waals surface area (Å²) in [7, 11) is 0. The number of carbonyl (C=O) groups excluding carboxylic acids is 1. The monoisotopic (exact) mass is 259 g/mol. The summed E-state index contributed by atoms with van der Waals surface area (Å²) in [5.41, 5.74) is 0. The molecule has 0 aliphatic heterocycles. The number of amides is 1. The minimum absolute atomic E-state index is 0.0760. The molecule has 0 heterocycles. The first-order valence-electron chi connectivity index (χ1n) is 5.12. The van der Waals surface area contributed by atoms with Gasteiger partial charge in [-0.2, -0.15) is 0 Å². The first kappa shape index (κ1) is 11.8. The second-order valence-electron chi connectivity index (χ2n) is 4.33. The SMILES string of the molecule is CC(C)(Br)C(=O)NCC1CC=CCC1. The van der Waals surface area contributed by atoms with Crippen LogP contribution in [-0.4, -0.2) is 16.8 Å². The second-order valence-corrected chi connectivity index (χ2v) is 6.32. The maximum atomic E-state index is 11.5. The highest BCUT2D eigenvalue weighted by molar-refractivity contribution is 9.10. The average Bonchev–Trinajstić information content (AvgIpc) is 2.14. The number of carbonyl (C=O) groups is 1. The van der Waals surface area contributed by atoms with Crippen LogP contribution in [0.15, 0.2) is 12.2 Å². The molecule has 0 aromatic heterocycles. The van der Waals surface area contributed by atoms with E-state index in [1.165, 1.54) is 6.42 Å². The van der Waals surface area contributed by atoms with E-state index in [2.05, 4.69) is 33.4 Å². The number of rotatable bonds is 3. The van der Waals surface area contributed by atoms with E-state index in [1.54, 1.807) is 0 Å². The summed E-state index contributed by atoms with van der Waals surface area (Å²) in [4.78, 5) is 11.5. The minimum atomic E-state index is -0.447. The van der Waals surface area contributed by atoms with Crippen molar-refractivity contribution < 1.29 is 4.79 Å². The van der Waals surface area contributed by atoms with Gasteiger partial charge in [0.2, 0.25) is 5.91 Å². The van der Waals surface area contributed by atoms with Crippen LogP contribution in [0.5, 0.6) is 0 Å². The van der Waals surface area contributed by atoms with E-state index in [1.807, 2.05) is 13.8 Å². The third-order valence-corrected chi connectivity index (χ3v) is 2.83. The van der Waals surface area contributed by atoms with Gasteiger partial charge in [0.1, 0.15) is 0 Å². The molecule has 3 heteroatoms. The molecule has 80 valence electrons. The van der Waals surface area contributed by atoms with Gasteiger partial charge in [0.15, 0.2) is 0 Å². The van der Waals surface area contributed by atoms with Crippen molar-refractivity contribution in [2.75, 3.05) is 6.54 Å². The van der Waals surface area contributed by atoms with Gasteiger partial charge in [-0.3, -0.25) is 4.79 Å². The largest absolute Gasteiger partial charge is 0.355 e. The Labute approximate surface area is 94.3 Å². The van der Waals surface area contributed by atoms with Crippen molar-refractivity contribution >= 4 is 21.8 Å². The van der Waals surface area contributed by atoms with Gasteiger partial charge in [-0.05, 0) is 39.0 Å². The lowest BCUT2D eigenvalue weighted by Crippen LogP contribution is -2.40. The number of hydrogen-bond donors (Lipinski definition) is 1. The Morgan fingerprint density at radius 3 is 2.79 bits per heavy atom. The Hall–Kier alpha value is -0.310. The van der Waals surface area contributed by atoms with E-state index < -0.39 is 4.32 Å². The fourth-order valence-corrected chi connectivity index (χ4v) is 1.63. The molecule has 1 N–H and O–H groups in total. The summed E-state index contributed by atoms with van der Waals surface area (Å²) in [6, 6.07) is 0. The second kappa shape index (κ2) is 4.96. The zero-order chi connectivity index (χ0) is 10.6. The molecule has 14 heavy (non-hydrogen) atoms. The van der Waals surface area contributed by atoms with Crippen molar-refractivity contribution in [1.82, 2.24) is 5.32 Å². The Kier molecular flexibility index (Phi) is 4.17. The summed E-state index contributed by atoms with van der Waals surface area (Å²) in [5.74, 6) is 0.700. The molecule has 0 aromatic rings. The van der Waals surface area contributed by atoms with Crippen LogP contribution < -0.4 is 5.32 Å². The highest BCUT2D eigenvalue weighted by atomic mass is 79.9. The van der Waals surface area contributed by atoms with E-state index in [4.69, 9.17) is 0 Å². The first-order valence-corrected chi connectivity index (χ1v) is 5.91. The molecule has 1 aliphatic rings. The summed E-state index contributed by atoms with van der Waals surface area (Å²) in [6.45, 7) is 4.53. The normalized spacial score (nSPS) is 22.1. The van der Waals surface area contributed by atoms with Crippen molar-refractivity contribution in [3.05, 3.63) is 12.2 Å². The summed E-state index contributed by atoms with van der Waals surface area (Å²) in [5, 5.41) is 2.97. The van der Waals surface area contributed by atoms with Crippen molar-refractivity contribution in [3.8, 4) is 0 Å². The standard InChI is InChI=1S/C11H18BrNO/c1-11(2,12)10(14)13-8-9-6-4-3-5-7-9/h3-4,9H,5-8H2,1-2H3,(H,13,14). The zero-order valence-electron chi connectivity index (χ0n) is 8.85. The molecule has 2 nitrogen and oxygen atoms in total. The van der Waals surface area contributed by atoms with Gasteiger partial charge in [0.05, 0.1) is 4.32 Å². The Morgan fingerprint density at radius 1 is 1.57 bits per heavy atom. The van der Waals surface area contributed by atoms with Crippen molar-refractivity contribution in [2.45, 2.75) is 37.4 Å². The number of allylic oxidation sites excluding steroid dienone is 2. The third kappa shape index (κ3) is 3.82. The Morgan fingerprint density at radius 2 is 2.29 bits per heavy atom. The van der Waals surface area contributed by atoms with Gasteiger partial charge in [-0.1, -0.05) is 28.1 Å². The molecular weight excluding hydrogens is 242 g/mol. The molecule has 1 atom stereocenters. The van der Waals surface area contributed by atoms with Crippen LogP contribution in [0.4, 0.5) is 0 Å². The van der Waals surface area contributed by atoms with Crippen LogP contribution in [0.3, 0.4) is 0 Å². The zero-order valence-corrected chi connectivity index (χ0v) is 10.4. The molecule has 1 amide bonds. The van der Waals surface area contributed by atoms with Crippen LogP contribution in [-0.2, 0) is 4.79 Å². The van der Waals surface area contributed by atoms with Crippen LogP contribution in [0, 0.1) is 5.92 Å². The molecule has 0 saturated carbocycles. The summed E-state index contributed by atoms with van der Waals surface area (Å²) in [6.07, 6.45) is 7.87. The van der Waals surface area contributed by atoms with Gasteiger partial charge in [-0.15, -0.1) is 0 Å². The van der Waals surface area contributed by atoms with Gasteiger partial charge >= 0.3 is 0 Å². The number of hydrogen-bond acceptors (Lipinski definition) is 1. The first-order chi connectivity index (χ1) is 6.50. The molecule has 1 rings (SSSR count). The third-order valence-electron chi connectivity index (χ3n) is 2.47. The van der Waals surface area contributed by atoms with Crippen LogP contribution >= 0.6 is 15.9 Å². The molecule has 0 radical (unpaired) electrons. The quantitative estimate of drug-likeness (QED) is 0.613. The highest BCUT2D eigenvalue weighted by Crippen LogP contribution is 2.19. The Balaban J connectivity index is 2.26. The molecule has 0 saturated heterocycles. The van der Waals surface area contributed by atoms with Crippen molar-refractivity contribution in [1.29, 1.82) is 0 Å². The van der Waals surface area contributed by atoms with E-state index in [9.17, 15) is 4.79 Å². The van der Waals surface area contributed by atoms with Gasteiger partial charge in [0.25, 0.3) is 0 Å². The molecule has 0 spiro atoms. The summed E-state index contributed by atoms with van der Waals surface area (Å²) < 4.78 is -0.447. The van der Waals surface area contributed by atoms with Crippen LogP contribution in [0.25, 0.3) is 0 Å². The lowest BCUT2D eigenvalue weighted by Gasteiger charge is -2.21. The lowest BCUT2D eigenvalue weighted by molar-refractivity contribution is -0.122. The maximum Gasteiger partial charge on any atom is 0.236 e. The average molecular weight is 260 g/mol. The van der Waals surface area contributed by atoms with Gasteiger partial charge in [-0.25, -0.2) is 0 Å². The van der Waals surface area contributed by atoms with Crippen molar-refractivity contribution in [2.24, 2.45) is 5.92 Å². The van der Waals surface area contributed by atoms with E-state index >= 15 is 0 Å². The fourth-order valence-electron chi connectivity index (χ4n) is 1.49. The molecular formula is C11H18BrNO. The smallest absolute Gasteiger partial charge is 0.236 e. The fraction of sp³-hybridized carbons (Fsp3) is 0.727. The lowest BCUT2D eigenvalue weighted by atomic mass is 9.94. The summed E-state index contributed by atoms with van der Waals surface area (Å²) >= 11 is 3.34. The maximum absolute atomic E-state index is 11.5. The molecule has 1 aliphatic carbocycles. The number of halogens is 1. The molecule has 0 aromatic carbocycles. The minimum Gasteiger partial charge on any atom is -0.355 e. The van der Waals surface area contributed by atoms with E-state index in [0.717, 1.165) is 19.4 Å². The van der Waals surface area contributed by atoms with Crippen molar-refractivity contribution in [3.63, 3.8) is 0 Å². The van der Waals surface area contributed by atoms with Crippen LogP contribution in [0.1, 0.15) is 33.1 Å². The number of nitrogens with one attached hydrogen (secondary N) is 1.